The highest BCUT2D eigenvalue weighted by Crippen LogP contribution is 2.28. The Morgan fingerprint density at radius 1 is 1.36 bits per heavy atom. The molecule has 0 aliphatic carbocycles. The van der Waals surface area contributed by atoms with E-state index in [9.17, 15) is 13.7 Å². The smallest absolute Gasteiger partial charge is 0.144 e. The summed E-state index contributed by atoms with van der Waals surface area (Å²) in [6, 6.07) is 10.4. The number of halogens is 2. The van der Waals surface area contributed by atoms with Crippen LogP contribution in [0.1, 0.15) is 17.5 Å². The summed E-state index contributed by atoms with van der Waals surface area (Å²) in [5.41, 5.74) is -0.195. The first-order chi connectivity index (χ1) is 13.2. The molecule has 0 aromatic heterocycles. The standard InChI is InChI=1S/C12H16ClNO3S.C7H4FNO/c1-9-2-3-11(10(13)6-9)18(17)14-5-4-12(16,7-14)8-15;8-7-3-6(10)2-1-5(7)4-9/h2-3,6,15-16H,4-5,7-8H2,1H3;1-3,10H. The number of phenols is 1. The molecule has 150 valence electrons. The van der Waals surface area contributed by atoms with E-state index in [0.717, 1.165) is 11.6 Å². The summed E-state index contributed by atoms with van der Waals surface area (Å²) >= 11 is 6.08. The van der Waals surface area contributed by atoms with Crippen LogP contribution in [0.5, 0.6) is 5.75 Å². The van der Waals surface area contributed by atoms with E-state index >= 15 is 0 Å². The van der Waals surface area contributed by atoms with Gasteiger partial charge >= 0.3 is 0 Å². The maximum absolute atomic E-state index is 12.5. The Morgan fingerprint density at radius 3 is 2.61 bits per heavy atom. The van der Waals surface area contributed by atoms with Gasteiger partial charge in [0.25, 0.3) is 0 Å². The zero-order chi connectivity index (χ0) is 20.9. The Bertz CT molecular complexity index is 921. The predicted molar refractivity (Wildman–Crippen MR) is 104 cm³/mol. The molecule has 1 saturated heterocycles. The highest BCUT2D eigenvalue weighted by Gasteiger charge is 2.38. The molecule has 0 spiro atoms. The van der Waals surface area contributed by atoms with Crippen molar-refractivity contribution >= 4 is 22.6 Å². The van der Waals surface area contributed by atoms with E-state index in [2.05, 4.69) is 0 Å². The van der Waals surface area contributed by atoms with Crippen LogP contribution in [0.4, 0.5) is 4.39 Å². The average Bonchev–Trinajstić information content (AvgIpc) is 3.05. The van der Waals surface area contributed by atoms with Crippen molar-refractivity contribution in [2.24, 2.45) is 0 Å². The molecule has 3 N–H and O–H groups in total. The van der Waals surface area contributed by atoms with E-state index in [1.165, 1.54) is 12.1 Å². The van der Waals surface area contributed by atoms with Gasteiger partial charge in [0.2, 0.25) is 0 Å². The van der Waals surface area contributed by atoms with Crippen molar-refractivity contribution in [3.8, 4) is 11.8 Å². The number of phenolic OH excluding ortho intramolecular Hbond substituents is 1. The first-order valence-electron chi connectivity index (χ1n) is 8.34. The fourth-order valence-electron chi connectivity index (χ4n) is 2.57. The molecule has 1 heterocycles. The molecule has 6 nitrogen and oxygen atoms in total. The predicted octanol–water partition coefficient (Wildman–Crippen LogP) is 2.50. The quantitative estimate of drug-likeness (QED) is 0.699. The highest BCUT2D eigenvalue weighted by atomic mass is 35.5. The maximum Gasteiger partial charge on any atom is 0.144 e. The molecule has 3 rings (SSSR count). The summed E-state index contributed by atoms with van der Waals surface area (Å²) < 4.78 is 26.4. The summed E-state index contributed by atoms with van der Waals surface area (Å²) in [6.07, 6.45) is 0.415. The zero-order valence-electron chi connectivity index (χ0n) is 15.1. The Labute approximate surface area is 170 Å². The topological polar surface area (TPSA) is 105 Å². The molecular formula is C19H20ClFN2O4S. The van der Waals surface area contributed by atoms with Crippen molar-refractivity contribution in [2.75, 3.05) is 19.7 Å². The van der Waals surface area contributed by atoms with Crippen LogP contribution in [0, 0.1) is 24.1 Å². The Kier molecular flexibility index (Phi) is 7.52. The molecule has 0 radical (unpaired) electrons. The first kappa shape index (κ1) is 22.3. The van der Waals surface area contributed by atoms with Crippen LogP contribution in [0.2, 0.25) is 5.02 Å². The van der Waals surface area contributed by atoms with Gasteiger partial charge in [0.1, 0.15) is 34.2 Å². The Hall–Kier alpha value is -2.02. The van der Waals surface area contributed by atoms with Gasteiger partial charge in [0.05, 0.1) is 22.1 Å². The number of rotatable bonds is 3. The monoisotopic (exact) mass is 426 g/mol. The van der Waals surface area contributed by atoms with Gasteiger partial charge < -0.3 is 15.3 Å². The Morgan fingerprint density at radius 2 is 2.07 bits per heavy atom. The Balaban J connectivity index is 0.000000237. The molecule has 2 aromatic carbocycles. The van der Waals surface area contributed by atoms with Crippen molar-refractivity contribution < 1.29 is 23.9 Å². The lowest BCUT2D eigenvalue weighted by Gasteiger charge is -2.20. The van der Waals surface area contributed by atoms with E-state index in [0.29, 0.717) is 22.9 Å². The summed E-state index contributed by atoms with van der Waals surface area (Å²) in [4.78, 5) is 0.546. The lowest BCUT2D eigenvalue weighted by molar-refractivity contribution is -0.000503. The van der Waals surface area contributed by atoms with E-state index in [1.54, 1.807) is 22.5 Å². The number of hydrogen-bond acceptors (Lipinski definition) is 5. The number of nitrogens with zero attached hydrogens (tertiary/aromatic N) is 2. The fourth-order valence-corrected chi connectivity index (χ4v) is 4.31. The van der Waals surface area contributed by atoms with Crippen LogP contribution in [0.15, 0.2) is 41.3 Å². The van der Waals surface area contributed by atoms with Gasteiger partial charge in [-0.25, -0.2) is 12.9 Å². The normalized spacial score (nSPS) is 20.1. The van der Waals surface area contributed by atoms with Gasteiger partial charge in [0.15, 0.2) is 0 Å². The van der Waals surface area contributed by atoms with Gasteiger partial charge in [-0.1, -0.05) is 17.7 Å². The second-order valence-corrected chi connectivity index (χ2v) is 8.32. The van der Waals surface area contributed by atoms with Crippen molar-refractivity contribution in [1.29, 1.82) is 5.26 Å². The summed E-state index contributed by atoms with van der Waals surface area (Å²) in [6.45, 7) is 2.27. The summed E-state index contributed by atoms with van der Waals surface area (Å²) in [5, 5.41) is 36.4. The minimum atomic E-state index is -1.40. The molecule has 0 amide bonds. The van der Waals surface area contributed by atoms with Gasteiger partial charge in [0, 0.05) is 19.2 Å². The number of nitriles is 1. The highest BCUT2D eigenvalue weighted by molar-refractivity contribution is 7.82. The van der Waals surface area contributed by atoms with Crippen LogP contribution in [-0.2, 0) is 11.0 Å². The molecule has 1 aliphatic heterocycles. The average molecular weight is 427 g/mol. The number of hydrogen-bond donors (Lipinski definition) is 3. The molecule has 1 aliphatic rings. The molecular weight excluding hydrogens is 407 g/mol. The first-order valence-corrected chi connectivity index (χ1v) is 9.82. The van der Waals surface area contributed by atoms with Gasteiger partial charge in [-0.05, 0) is 43.2 Å². The van der Waals surface area contributed by atoms with E-state index in [1.807, 2.05) is 13.0 Å². The number of aryl methyl sites for hydroxylation is 1. The minimum Gasteiger partial charge on any atom is -0.508 e. The molecule has 0 saturated carbocycles. The third kappa shape index (κ3) is 5.50. The van der Waals surface area contributed by atoms with Crippen molar-refractivity contribution in [2.45, 2.75) is 23.8 Å². The molecule has 2 atom stereocenters. The van der Waals surface area contributed by atoms with Gasteiger partial charge in [-0.3, -0.25) is 0 Å². The minimum absolute atomic E-state index is 0.0576. The van der Waals surface area contributed by atoms with E-state index < -0.39 is 22.4 Å². The molecule has 9 heteroatoms. The van der Waals surface area contributed by atoms with Crippen LogP contribution in [0.3, 0.4) is 0 Å². The number of aromatic hydroxyl groups is 1. The van der Waals surface area contributed by atoms with Crippen molar-refractivity contribution in [1.82, 2.24) is 4.31 Å². The SMILES string of the molecule is Cc1ccc(S(=O)N2CCC(O)(CO)C2)c(Cl)c1.N#Cc1ccc(O)cc1F. The van der Waals surface area contributed by atoms with Gasteiger partial charge in [-0.15, -0.1) is 0 Å². The van der Waals surface area contributed by atoms with Gasteiger partial charge in [-0.2, -0.15) is 5.26 Å². The third-order valence-corrected chi connectivity index (χ3v) is 6.11. The lowest BCUT2D eigenvalue weighted by atomic mass is 10.1. The van der Waals surface area contributed by atoms with Crippen LogP contribution in [-0.4, -0.2) is 49.1 Å². The number of aliphatic hydroxyl groups excluding tert-OH is 1. The van der Waals surface area contributed by atoms with Crippen molar-refractivity contribution in [3.63, 3.8) is 0 Å². The molecule has 2 aromatic rings. The molecule has 1 fully saturated rings. The second kappa shape index (κ2) is 9.45. The number of aliphatic hydroxyl groups is 2. The lowest BCUT2D eigenvalue weighted by Crippen LogP contribution is -2.37. The molecule has 28 heavy (non-hydrogen) atoms. The molecule has 0 bridgehead atoms. The summed E-state index contributed by atoms with van der Waals surface area (Å²) in [5.74, 6) is -0.862. The summed E-state index contributed by atoms with van der Waals surface area (Å²) in [7, 11) is -1.40. The van der Waals surface area contributed by atoms with E-state index in [-0.39, 0.29) is 24.5 Å². The van der Waals surface area contributed by atoms with Crippen LogP contribution >= 0.6 is 11.6 Å². The third-order valence-electron chi connectivity index (χ3n) is 4.17. The maximum atomic E-state index is 12.5. The second-order valence-electron chi connectivity index (χ2n) is 6.45. The van der Waals surface area contributed by atoms with E-state index in [4.69, 9.17) is 27.1 Å². The largest absolute Gasteiger partial charge is 0.508 e. The van der Waals surface area contributed by atoms with Crippen molar-refractivity contribution in [3.05, 3.63) is 58.4 Å². The van der Waals surface area contributed by atoms with Crippen LogP contribution < -0.4 is 0 Å². The fraction of sp³-hybridized carbons (Fsp3) is 0.316. The zero-order valence-corrected chi connectivity index (χ0v) is 16.7. The number of benzene rings is 2. The number of β-amino-alcohol motifs (C(OH)–C–C–N with tert-alkyl or cyclic N) is 1. The van der Waals surface area contributed by atoms with Crippen LogP contribution in [0.25, 0.3) is 0 Å². The molecule has 2 unspecified atom stereocenters.